The van der Waals surface area contributed by atoms with Gasteiger partial charge in [-0.05, 0) is 12.8 Å². The molecule has 2 atom stereocenters. The molecule has 0 bridgehead atoms. The van der Waals surface area contributed by atoms with E-state index in [2.05, 4.69) is 13.8 Å². The van der Waals surface area contributed by atoms with E-state index >= 15 is 0 Å². The fourth-order valence-electron chi connectivity index (χ4n) is 1.05. The van der Waals surface area contributed by atoms with Gasteiger partial charge in [-0.25, -0.2) is 0 Å². The van der Waals surface area contributed by atoms with E-state index < -0.39 is 0 Å². The van der Waals surface area contributed by atoms with E-state index in [1.54, 1.807) is 0 Å². The lowest BCUT2D eigenvalue weighted by Gasteiger charge is -2.17. The highest BCUT2D eigenvalue weighted by Gasteiger charge is 2.14. The molecule has 4 heteroatoms. The third-order valence-electron chi connectivity index (χ3n) is 1.99. The average molecular weight is 252 g/mol. The molecule has 0 aliphatic carbocycles. The Morgan fingerprint density at radius 2 is 1.29 bits per heavy atom. The Balaban J connectivity index is -0.000000232. The van der Waals surface area contributed by atoms with Gasteiger partial charge in [0.25, 0.3) is 0 Å². The fraction of sp³-hybridized carbons (Fsp3) is 1.00. The van der Waals surface area contributed by atoms with Crippen molar-refractivity contribution in [3.05, 3.63) is 0 Å². The molecule has 0 spiro atoms. The zero-order chi connectivity index (χ0) is 14.1. The van der Waals surface area contributed by atoms with Gasteiger partial charge in [-0.15, -0.1) is 0 Å². The Morgan fingerprint density at radius 3 is 1.47 bits per heavy atom. The van der Waals surface area contributed by atoms with Gasteiger partial charge in [0.1, 0.15) is 0 Å². The molecule has 0 amide bonds. The van der Waals surface area contributed by atoms with Crippen LogP contribution in [0.25, 0.3) is 0 Å². The van der Waals surface area contributed by atoms with Gasteiger partial charge >= 0.3 is 0 Å². The van der Waals surface area contributed by atoms with E-state index in [1.807, 2.05) is 13.8 Å². The molecule has 0 radical (unpaired) electrons. The maximum atomic E-state index is 9.35. The Labute approximate surface area is 106 Å². The van der Waals surface area contributed by atoms with Crippen LogP contribution in [0.5, 0.6) is 0 Å². The molecule has 0 aromatic heterocycles. The SMILES string of the molecule is CCC.CCCC(O)C(CC)CO.OCCO. The van der Waals surface area contributed by atoms with Crippen LogP contribution in [0.1, 0.15) is 53.4 Å². The number of aliphatic hydroxyl groups is 4. The number of aliphatic hydroxyl groups excluding tert-OH is 4. The highest BCUT2D eigenvalue weighted by Crippen LogP contribution is 2.11. The van der Waals surface area contributed by atoms with Crippen molar-refractivity contribution in [1.29, 1.82) is 0 Å². The van der Waals surface area contributed by atoms with Crippen LogP contribution in [0.2, 0.25) is 0 Å². The van der Waals surface area contributed by atoms with E-state index in [-0.39, 0.29) is 31.8 Å². The summed E-state index contributed by atoms with van der Waals surface area (Å²) < 4.78 is 0. The van der Waals surface area contributed by atoms with Crippen molar-refractivity contribution in [2.75, 3.05) is 19.8 Å². The summed E-state index contributed by atoms with van der Waals surface area (Å²) in [5.41, 5.74) is 0. The molecule has 0 saturated carbocycles. The van der Waals surface area contributed by atoms with E-state index in [0.29, 0.717) is 0 Å². The van der Waals surface area contributed by atoms with Gasteiger partial charge in [-0.1, -0.05) is 40.5 Å². The lowest BCUT2D eigenvalue weighted by atomic mass is 9.97. The molecule has 0 aliphatic heterocycles. The van der Waals surface area contributed by atoms with Crippen molar-refractivity contribution in [1.82, 2.24) is 0 Å². The molecule has 0 aromatic rings. The summed E-state index contributed by atoms with van der Waals surface area (Å²) >= 11 is 0. The minimum atomic E-state index is -0.306. The first kappa shape index (κ1) is 22.1. The summed E-state index contributed by atoms with van der Waals surface area (Å²) in [7, 11) is 0. The summed E-state index contributed by atoms with van der Waals surface area (Å²) in [6.45, 7) is 8.13. The molecular formula is C13H32O4. The summed E-state index contributed by atoms with van der Waals surface area (Å²) in [6.07, 6.45) is 3.59. The van der Waals surface area contributed by atoms with Crippen LogP contribution < -0.4 is 0 Å². The molecule has 4 N–H and O–H groups in total. The third kappa shape index (κ3) is 21.6. The average Bonchev–Trinajstić information content (AvgIpc) is 2.32. The molecule has 0 fully saturated rings. The van der Waals surface area contributed by atoms with Crippen molar-refractivity contribution in [3.63, 3.8) is 0 Å². The molecule has 4 nitrogen and oxygen atoms in total. The second-order valence-corrected chi connectivity index (χ2v) is 3.86. The number of rotatable bonds is 6. The zero-order valence-electron chi connectivity index (χ0n) is 11.9. The van der Waals surface area contributed by atoms with Crippen LogP contribution in [0.4, 0.5) is 0 Å². The Hall–Kier alpha value is -0.160. The van der Waals surface area contributed by atoms with Crippen LogP contribution in [0, 0.1) is 5.92 Å². The second kappa shape index (κ2) is 21.2. The Morgan fingerprint density at radius 1 is 0.882 bits per heavy atom. The van der Waals surface area contributed by atoms with Gasteiger partial charge in [-0.2, -0.15) is 0 Å². The first-order valence-corrected chi connectivity index (χ1v) is 6.59. The summed E-state index contributed by atoms with van der Waals surface area (Å²) in [4.78, 5) is 0. The van der Waals surface area contributed by atoms with Crippen LogP contribution in [0.15, 0.2) is 0 Å². The maximum absolute atomic E-state index is 9.35. The van der Waals surface area contributed by atoms with Gasteiger partial charge in [-0.3, -0.25) is 0 Å². The van der Waals surface area contributed by atoms with Gasteiger partial charge < -0.3 is 20.4 Å². The monoisotopic (exact) mass is 252 g/mol. The third-order valence-corrected chi connectivity index (χ3v) is 1.99. The van der Waals surface area contributed by atoms with Crippen molar-refractivity contribution in [2.45, 2.75) is 59.5 Å². The standard InChI is InChI=1S/C8H18O2.C3H8.C2H6O2/c1-3-5-8(10)7(4-2)6-9;1-3-2;3-1-2-4/h7-10H,3-6H2,1-2H3;3H2,1-2H3;3-4H,1-2H2. The largest absolute Gasteiger partial charge is 0.396 e. The molecule has 2 unspecified atom stereocenters. The van der Waals surface area contributed by atoms with Crippen LogP contribution in [-0.2, 0) is 0 Å². The maximum Gasteiger partial charge on any atom is 0.0662 e. The minimum Gasteiger partial charge on any atom is -0.396 e. The van der Waals surface area contributed by atoms with E-state index in [1.165, 1.54) is 6.42 Å². The van der Waals surface area contributed by atoms with Gasteiger partial charge in [0.05, 0.1) is 19.3 Å². The first-order chi connectivity index (χ1) is 8.09. The van der Waals surface area contributed by atoms with Crippen LogP contribution in [-0.4, -0.2) is 46.4 Å². The minimum absolute atomic E-state index is 0.0833. The second-order valence-electron chi connectivity index (χ2n) is 3.86. The smallest absolute Gasteiger partial charge is 0.0662 e. The van der Waals surface area contributed by atoms with E-state index in [4.69, 9.17) is 15.3 Å². The molecular weight excluding hydrogens is 220 g/mol. The summed E-state index contributed by atoms with van der Waals surface area (Å²) in [5, 5.41) is 33.4. The summed E-state index contributed by atoms with van der Waals surface area (Å²) in [5.74, 6) is 0.0833. The Bertz CT molecular complexity index is 104. The topological polar surface area (TPSA) is 80.9 Å². The molecule has 0 heterocycles. The van der Waals surface area contributed by atoms with Crippen molar-refractivity contribution >= 4 is 0 Å². The van der Waals surface area contributed by atoms with Crippen molar-refractivity contribution in [2.24, 2.45) is 5.92 Å². The quantitative estimate of drug-likeness (QED) is 0.578. The molecule has 17 heavy (non-hydrogen) atoms. The van der Waals surface area contributed by atoms with Crippen molar-refractivity contribution < 1.29 is 20.4 Å². The number of hydrogen-bond acceptors (Lipinski definition) is 4. The summed E-state index contributed by atoms with van der Waals surface area (Å²) in [6, 6.07) is 0. The predicted molar refractivity (Wildman–Crippen MR) is 71.9 cm³/mol. The molecule has 0 aliphatic rings. The van der Waals surface area contributed by atoms with Crippen LogP contribution in [0.3, 0.4) is 0 Å². The van der Waals surface area contributed by atoms with E-state index in [9.17, 15) is 5.11 Å². The molecule has 0 aromatic carbocycles. The Kier molecular flexibility index (Phi) is 27.5. The fourth-order valence-corrected chi connectivity index (χ4v) is 1.05. The van der Waals surface area contributed by atoms with Gasteiger partial charge in [0.2, 0.25) is 0 Å². The first-order valence-electron chi connectivity index (χ1n) is 6.59. The normalized spacial score (nSPS) is 12.7. The lowest BCUT2D eigenvalue weighted by Crippen LogP contribution is -2.22. The van der Waals surface area contributed by atoms with Gasteiger partial charge in [0, 0.05) is 12.5 Å². The highest BCUT2D eigenvalue weighted by atomic mass is 16.3. The highest BCUT2D eigenvalue weighted by molar-refractivity contribution is 4.65. The van der Waals surface area contributed by atoms with Crippen LogP contribution >= 0.6 is 0 Å². The number of hydrogen-bond donors (Lipinski definition) is 4. The molecule has 0 rings (SSSR count). The lowest BCUT2D eigenvalue weighted by molar-refractivity contribution is 0.0584. The molecule has 0 saturated heterocycles. The predicted octanol–water partition coefficient (Wildman–Crippen LogP) is 1.55. The molecule has 108 valence electrons. The van der Waals surface area contributed by atoms with Crippen molar-refractivity contribution in [3.8, 4) is 0 Å². The zero-order valence-corrected chi connectivity index (χ0v) is 11.9. The van der Waals surface area contributed by atoms with Gasteiger partial charge in [0.15, 0.2) is 0 Å². The van der Waals surface area contributed by atoms with E-state index in [0.717, 1.165) is 19.3 Å².